The molecule has 1 fully saturated rings. The quantitative estimate of drug-likeness (QED) is 0.133. The van der Waals surface area contributed by atoms with Crippen molar-refractivity contribution in [2.45, 2.75) is 110 Å². The number of carbonyl (C=O) groups excluding carboxylic acids is 2. The SMILES string of the molecule is CCCCCCCCCCCCCCC=CCCC1CC(=O)N(c2ccc(Cl)cc2)C1=O. The standard InChI is InChI=1S/C28H42ClNO2/c1-2-3-4-5-6-7-8-9-10-11-12-13-14-15-16-17-18-24-23-27(31)30(28(24)32)26-21-19-25(29)20-22-26/h15-16,19-22,24H,2-14,17-18,23H2,1H3. The van der Waals surface area contributed by atoms with Crippen LogP contribution in [0.2, 0.25) is 5.02 Å². The van der Waals surface area contributed by atoms with Crippen LogP contribution in [0, 0.1) is 5.92 Å². The molecule has 1 aliphatic heterocycles. The molecule has 2 rings (SSSR count). The lowest BCUT2D eigenvalue weighted by atomic mass is 10.0. The second-order valence-corrected chi connectivity index (χ2v) is 9.61. The second kappa shape index (κ2) is 16.1. The van der Waals surface area contributed by atoms with E-state index in [1.54, 1.807) is 24.3 Å². The summed E-state index contributed by atoms with van der Waals surface area (Å²) in [6, 6.07) is 6.89. The maximum atomic E-state index is 12.6. The van der Waals surface area contributed by atoms with Crippen LogP contribution in [0.1, 0.15) is 110 Å². The average molecular weight is 460 g/mol. The van der Waals surface area contributed by atoms with Gasteiger partial charge in [-0.15, -0.1) is 0 Å². The molecule has 0 radical (unpaired) electrons. The number of amides is 2. The first-order chi connectivity index (χ1) is 15.6. The van der Waals surface area contributed by atoms with Crippen LogP contribution in [0.3, 0.4) is 0 Å². The number of benzene rings is 1. The maximum absolute atomic E-state index is 12.6. The lowest BCUT2D eigenvalue weighted by Gasteiger charge is -2.14. The van der Waals surface area contributed by atoms with Crippen LogP contribution in [-0.2, 0) is 9.59 Å². The van der Waals surface area contributed by atoms with Gasteiger partial charge in [0.15, 0.2) is 0 Å². The molecule has 4 heteroatoms. The average Bonchev–Trinajstić information content (AvgIpc) is 3.07. The summed E-state index contributed by atoms with van der Waals surface area (Å²) >= 11 is 5.91. The molecule has 32 heavy (non-hydrogen) atoms. The summed E-state index contributed by atoms with van der Waals surface area (Å²) in [7, 11) is 0. The van der Waals surface area contributed by atoms with Crippen molar-refractivity contribution >= 4 is 29.1 Å². The summed E-state index contributed by atoms with van der Waals surface area (Å²) in [6.45, 7) is 2.27. The van der Waals surface area contributed by atoms with Crippen molar-refractivity contribution in [1.29, 1.82) is 0 Å². The van der Waals surface area contributed by atoms with Crippen molar-refractivity contribution < 1.29 is 9.59 Å². The lowest BCUT2D eigenvalue weighted by molar-refractivity contribution is -0.122. The second-order valence-electron chi connectivity index (χ2n) is 9.17. The molecule has 1 aromatic carbocycles. The van der Waals surface area contributed by atoms with Gasteiger partial charge in [0.25, 0.3) is 0 Å². The summed E-state index contributed by atoms with van der Waals surface area (Å²) in [5, 5.41) is 0.600. The highest BCUT2D eigenvalue weighted by molar-refractivity contribution is 6.30. The van der Waals surface area contributed by atoms with Crippen molar-refractivity contribution in [3.05, 3.63) is 41.4 Å². The third-order valence-corrected chi connectivity index (χ3v) is 6.65. The van der Waals surface area contributed by atoms with E-state index >= 15 is 0 Å². The molecule has 178 valence electrons. The van der Waals surface area contributed by atoms with Crippen molar-refractivity contribution in [3.8, 4) is 0 Å². The predicted molar refractivity (Wildman–Crippen MR) is 136 cm³/mol. The number of hydrogen-bond donors (Lipinski definition) is 0. The van der Waals surface area contributed by atoms with E-state index in [1.807, 2.05) is 0 Å². The first-order valence-corrected chi connectivity index (χ1v) is 13.3. The van der Waals surface area contributed by atoms with Gasteiger partial charge in [-0.05, 0) is 49.9 Å². The number of carbonyl (C=O) groups is 2. The van der Waals surface area contributed by atoms with Crippen LogP contribution in [0.5, 0.6) is 0 Å². The third kappa shape index (κ3) is 9.90. The molecule has 0 N–H and O–H groups in total. The Bertz CT molecular complexity index is 698. The summed E-state index contributed by atoms with van der Waals surface area (Å²) in [4.78, 5) is 26.3. The lowest BCUT2D eigenvalue weighted by Crippen LogP contribution is -2.30. The summed E-state index contributed by atoms with van der Waals surface area (Å²) in [6.07, 6.45) is 23.9. The molecule has 1 heterocycles. The van der Waals surface area contributed by atoms with E-state index in [1.165, 1.54) is 81.9 Å². The van der Waals surface area contributed by atoms with Gasteiger partial charge in [-0.25, -0.2) is 0 Å². The molecule has 2 amide bonds. The van der Waals surface area contributed by atoms with Crippen LogP contribution in [0.25, 0.3) is 0 Å². The minimum absolute atomic E-state index is 0.0771. The topological polar surface area (TPSA) is 37.4 Å². The van der Waals surface area contributed by atoms with Gasteiger partial charge in [-0.2, -0.15) is 0 Å². The highest BCUT2D eigenvalue weighted by atomic mass is 35.5. The van der Waals surface area contributed by atoms with Gasteiger partial charge < -0.3 is 0 Å². The molecule has 0 saturated carbocycles. The molecular formula is C28H42ClNO2. The van der Waals surface area contributed by atoms with Gasteiger partial charge in [0.2, 0.25) is 11.8 Å². The van der Waals surface area contributed by atoms with Crippen molar-refractivity contribution in [3.63, 3.8) is 0 Å². The van der Waals surface area contributed by atoms with Gasteiger partial charge in [0, 0.05) is 17.4 Å². The fourth-order valence-electron chi connectivity index (χ4n) is 4.42. The van der Waals surface area contributed by atoms with E-state index in [4.69, 9.17) is 11.6 Å². The number of rotatable bonds is 17. The summed E-state index contributed by atoms with van der Waals surface area (Å²) < 4.78 is 0. The Morgan fingerprint density at radius 3 is 1.94 bits per heavy atom. The first-order valence-electron chi connectivity index (χ1n) is 12.9. The van der Waals surface area contributed by atoms with Crippen LogP contribution >= 0.6 is 11.6 Å². The van der Waals surface area contributed by atoms with Crippen LogP contribution in [-0.4, -0.2) is 11.8 Å². The zero-order chi connectivity index (χ0) is 23.0. The maximum Gasteiger partial charge on any atom is 0.237 e. The summed E-state index contributed by atoms with van der Waals surface area (Å²) in [5.74, 6) is -0.385. The van der Waals surface area contributed by atoms with Crippen LogP contribution < -0.4 is 4.90 Å². The van der Waals surface area contributed by atoms with Gasteiger partial charge in [-0.3, -0.25) is 14.5 Å². The highest BCUT2D eigenvalue weighted by Crippen LogP contribution is 2.30. The molecule has 1 unspecified atom stereocenters. The zero-order valence-electron chi connectivity index (χ0n) is 20.0. The van der Waals surface area contributed by atoms with Crippen LogP contribution in [0.4, 0.5) is 5.69 Å². The Balaban J connectivity index is 1.47. The molecule has 1 aromatic rings. The molecule has 0 aliphatic carbocycles. The Labute approximate surface area is 200 Å². The molecule has 0 bridgehead atoms. The monoisotopic (exact) mass is 459 g/mol. The minimum atomic E-state index is -0.200. The molecule has 3 nitrogen and oxygen atoms in total. The van der Waals surface area contributed by atoms with Gasteiger partial charge in [0.1, 0.15) is 0 Å². The largest absolute Gasteiger partial charge is 0.274 e. The number of imide groups is 1. The minimum Gasteiger partial charge on any atom is -0.274 e. The Morgan fingerprint density at radius 2 is 1.34 bits per heavy atom. The Kier molecular flexibility index (Phi) is 13.4. The highest BCUT2D eigenvalue weighted by Gasteiger charge is 2.38. The van der Waals surface area contributed by atoms with E-state index in [-0.39, 0.29) is 17.7 Å². The number of halogens is 1. The van der Waals surface area contributed by atoms with Gasteiger partial charge >= 0.3 is 0 Å². The van der Waals surface area contributed by atoms with E-state index in [0.29, 0.717) is 17.1 Å². The van der Waals surface area contributed by atoms with Crippen molar-refractivity contribution in [2.75, 3.05) is 4.90 Å². The Hall–Kier alpha value is -1.61. The van der Waals surface area contributed by atoms with Crippen molar-refractivity contribution in [1.82, 2.24) is 0 Å². The third-order valence-electron chi connectivity index (χ3n) is 6.40. The Morgan fingerprint density at radius 1 is 0.812 bits per heavy atom. The first kappa shape index (κ1) is 26.6. The summed E-state index contributed by atoms with van der Waals surface area (Å²) in [5.41, 5.74) is 0.620. The predicted octanol–water partition coefficient (Wildman–Crippen LogP) is 8.65. The number of anilines is 1. The number of hydrogen-bond acceptors (Lipinski definition) is 2. The fraction of sp³-hybridized carbons (Fsp3) is 0.643. The molecule has 1 aliphatic rings. The normalized spacial score (nSPS) is 16.6. The zero-order valence-corrected chi connectivity index (χ0v) is 20.8. The smallest absolute Gasteiger partial charge is 0.237 e. The fourth-order valence-corrected chi connectivity index (χ4v) is 4.54. The molecule has 1 atom stereocenters. The van der Waals surface area contributed by atoms with E-state index in [2.05, 4.69) is 19.1 Å². The van der Waals surface area contributed by atoms with E-state index in [0.717, 1.165) is 19.3 Å². The number of nitrogens with zero attached hydrogens (tertiary/aromatic N) is 1. The van der Waals surface area contributed by atoms with E-state index < -0.39 is 0 Å². The van der Waals surface area contributed by atoms with Crippen molar-refractivity contribution in [2.24, 2.45) is 5.92 Å². The molecular weight excluding hydrogens is 418 g/mol. The van der Waals surface area contributed by atoms with E-state index in [9.17, 15) is 9.59 Å². The van der Waals surface area contributed by atoms with Gasteiger partial charge in [0.05, 0.1) is 5.69 Å². The molecule has 1 saturated heterocycles. The molecule has 0 aromatic heterocycles. The number of unbranched alkanes of at least 4 members (excludes halogenated alkanes) is 12. The number of allylic oxidation sites excluding steroid dienone is 2. The van der Waals surface area contributed by atoms with Crippen LogP contribution in [0.15, 0.2) is 36.4 Å². The van der Waals surface area contributed by atoms with Gasteiger partial charge in [-0.1, -0.05) is 101 Å². The molecule has 0 spiro atoms.